The molecule has 1 aromatic rings. The van der Waals surface area contributed by atoms with Gasteiger partial charge in [0, 0.05) is 17.5 Å². The Balaban J connectivity index is 1.81. The number of nitrogens with zero attached hydrogens (tertiary/aromatic N) is 1. The molecule has 1 aromatic carbocycles. The number of carbonyl (C=O) groups is 3. The van der Waals surface area contributed by atoms with Gasteiger partial charge in [-0.3, -0.25) is 14.4 Å². The summed E-state index contributed by atoms with van der Waals surface area (Å²) in [5, 5.41) is 6.27. The number of benzene rings is 1. The van der Waals surface area contributed by atoms with Crippen LogP contribution < -0.4 is 16.5 Å². The number of nitrogens with two attached hydrogens (primary N) is 1. The van der Waals surface area contributed by atoms with E-state index in [4.69, 9.17) is 5.73 Å². The molecular formula is C16H20N4O3. The summed E-state index contributed by atoms with van der Waals surface area (Å²) in [4.78, 5) is 34.3. The second kappa shape index (κ2) is 8.07. The van der Waals surface area contributed by atoms with Crippen molar-refractivity contribution in [2.75, 3.05) is 5.32 Å². The van der Waals surface area contributed by atoms with Crippen molar-refractivity contribution in [1.82, 2.24) is 5.43 Å². The summed E-state index contributed by atoms with van der Waals surface area (Å²) < 4.78 is 0. The first-order valence-corrected chi connectivity index (χ1v) is 7.60. The number of rotatable bonds is 4. The molecule has 122 valence electrons. The Morgan fingerprint density at radius 1 is 1.04 bits per heavy atom. The largest absolute Gasteiger partial charge is 0.366 e. The lowest BCUT2D eigenvalue weighted by atomic mass is 9.90. The zero-order valence-corrected chi connectivity index (χ0v) is 12.7. The molecule has 4 N–H and O–H groups in total. The lowest BCUT2D eigenvalue weighted by molar-refractivity contribution is -0.136. The Labute approximate surface area is 134 Å². The van der Waals surface area contributed by atoms with E-state index in [1.54, 1.807) is 6.21 Å². The Bertz CT molecular complexity index is 604. The standard InChI is InChI=1S/C16H20N4O3/c17-14(21)12-6-8-13(9-7-12)19-15(22)16(23)20-18-10-11-4-2-1-3-5-11/h6-11H,1-5H2,(H2,17,21)(H,19,22)(H,20,23)/b18-10+. The van der Waals surface area contributed by atoms with Crippen molar-refractivity contribution in [3.05, 3.63) is 29.8 Å². The van der Waals surface area contributed by atoms with E-state index in [0.717, 1.165) is 12.8 Å². The van der Waals surface area contributed by atoms with Gasteiger partial charge in [0.2, 0.25) is 5.91 Å². The second-order valence-electron chi connectivity index (χ2n) is 5.51. The second-order valence-corrected chi connectivity index (χ2v) is 5.51. The number of nitrogens with one attached hydrogen (secondary N) is 2. The lowest BCUT2D eigenvalue weighted by Crippen LogP contribution is -2.32. The van der Waals surface area contributed by atoms with E-state index < -0.39 is 17.7 Å². The fourth-order valence-corrected chi connectivity index (χ4v) is 2.44. The predicted molar refractivity (Wildman–Crippen MR) is 86.8 cm³/mol. The monoisotopic (exact) mass is 316 g/mol. The van der Waals surface area contributed by atoms with Gasteiger partial charge in [0.15, 0.2) is 0 Å². The summed E-state index contributed by atoms with van der Waals surface area (Å²) in [7, 11) is 0. The van der Waals surface area contributed by atoms with Crippen LogP contribution in [0.25, 0.3) is 0 Å². The molecule has 23 heavy (non-hydrogen) atoms. The maximum atomic E-state index is 11.7. The van der Waals surface area contributed by atoms with Gasteiger partial charge in [0.25, 0.3) is 0 Å². The molecule has 0 saturated heterocycles. The third-order valence-corrected chi connectivity index (χ3v) is 3.73. The first kappa shape index (κ1) is 16.7. The van der Waals surface area contributed by atoms with Gasteiger partial charge in [0.1, 0.15) is 0 Å². The first-order valence-electron chi connectivity index (χ1n) is 7.60. The number of hydrogen-bond donors (Lipinski definition) is 3. The van der Waals surface area contributed by atoms with Crippen LogP contribution >= 0.6 is 0 Å². The molecule has 1 aliphatic carbocycles. The van der Waals surface area contributed by atoms with Crippen molar-refractivity contribution < 1.29 is 14.4 Å². The van der Waals surface area contributed by atoms with E-state index in [1.807, 2.05) is 0 Å². The maximum Gasteiger partial charge on any atom is 0.329 e. The number of amides is 3. The molecule has 0 spiro atoms. The Morgan fingerprint density at radius 3 is 2.30 bits per heavy atom. The average molecular weight is 316 g/mol. The van der Waals surface area contributed by atoms with Gasteiger partial charge in [-0.2, -0.15) is 5.10 Å². The van der Waals surface area contributed by atoms with Crippen molar-refractivity contribution in [1.29, 1.82) is 0 Å². The van der Waals surface area contributed by atoms with E-state index in [0.29, 0.717) is 17.2 Å². The SMILES string of the molecule is NC(=O)c1ccc(NC(=O)C(=O)N/N=C/C2CCCCC2)cc1. The molecule has 0 atom stereocenters. The molecule has 0 heterocycles. The van der Waals surface area contributed by atoms with E-state index in [2.05, 4.69) is 15.8 Å². The van der Waals surface area contributed by atoms with Crippen molar-refractivity contribution in [2.24, 2.45) is 16.8 Å². The normalized spacial score (nSPS) is 15.3. The average Bonchev–Trinajstić information content (AvgIpc) is 2.56. The molecule has 1 saturated carbocycles. The molecule has 0 unspecified atom stereocenters. The fraction of sp³-hybridized carbons (Fsp3) is 0.375. The van der Waals surface area contributed by atoms with Gasteiger partial charge in [-0.05, 0) is 43.0 Å². The third-order valence-electron chi connectivity index (χ3n) is 3.73. The van der Waals surface area contributed by atoms with Crippen LogP contribution in [0.5, 0.6) is 0 Å². The number of carbonyl (C=O) groups excluding carboxylic acids is 3. The molecule has 0 bridgehead atoms. The zero-order chi connectivity index (χ0) is 16.7. The molecule has 2 rings (SSSR count). The van der Waals surface area contributed by atoms with Crippen molar-refractivity contribution >= 4 is 29.6 Å². The highest BCUT2D eigenvalue weighted by Gasteiger charge is 2.14. The molecule has 1 fully saturated rings. The molecule has 3 amide bonds. The minimum atomic E-state index is -0.837. The van der Waals surface area contributed by atoms with E-state index in [1.165, 1.54) is 43.5 Å². The first-order chi connectivity index (χ1) is 11.1. The molecule has 1 aliphatic rings. The van der Waals surface area contributed by atoms with Gasteiger partial charge in [-0.25, -0.2) is 5.43 Å². The highest BCUT2D eigenvalue weighted by molar-refractivity contribution is 6.39. The van der Waals surface area contributed by atoms with E-state index in [9.17, 15) is 14.4 Å². The topological polar surface area (TPSA) is 114 Å². The third kappa shape index (κ3) is 5.21. The van der Waals surface area contributed by atoms with E-state index >= 15 is 0 Å². The van der Waals surface area contributed by atoms with Crippen molar-refractivity contribution in [3.8, 4) is 0 Å². The summed E-state index contributed by atoms with van der Waals surface area (Å²) in [6.45, 7) is 0. The zero-order valence-electron chi connectivity index (χ0n) is 12.7. The molecule has 7 nitrogen and oxygen atoms in total. The smallest absolute Gasteiger partial charge is 0.329 e. The van der Waals surface area contributed by atoms with E-state index in [-0.39, 0.29) is 0 Å². The van der Waals surface area contributed by atoms with Crippen LogP contribution in [0.15, 0.2) is 29.4 Å². The Hall–Kier alpha value is -2.70. The summed E-state index contributed by atoms with van der Waals surface area (Å²) in [5.74, 6) is -1.85. The maximum absolute atomic E-state index is 11.7. The van der Waals surface area contributed by atoms with Gasteiger partial charge in [-0.15, -0.1) is 0 Å². The van der Waals surface area contributed by atoms with Crippen LogP contribution in [-0.2, 0) is 9.59 Å². The van der Waals surface area contributed by atoms with Crippen LogP contribution in [0, 0.1) is 5.92 Å². The quantitative estimate of drug-likeness (QED) is 0.443. The van der Waals surface area contributed by atoms with Crippen LogP contribution in [0.1, 0.15) is 42.5 Å². The van der Waals surface area contributed by atoms with Gasteiger partial charge < -0.3 is 11.1 Å². The minimum Gasteiger partial charge on any atom is -0.366 e. The number of primary amides is 1. The molecule has 7 heteroatoms. The van der Waals surface area contributed by atoms with Crippen molar-refractivity contribution in [3.63, 3.8) is 0 Å². The Morgan fingerprint density at radius 2 is 1.70 bits per heavy atom. The highest BCUT2D eigenvalue weighted by Crippen LogP contribution is 2.21. The summed E-state index contributed by atoms with van der Waals surface area (Å²) in [6, 6.07) is 5.93. The summed E-state index contributed by atoms with van der Waals surface area (Å²) in [5.41, 5.74) is 8.07. The minimum absolute atomic E-state index is 0.324. The Kier molecular flexibility index (Phi) is 5.85. The van der Waals surface area contributed by atoms with Gasteiger partial charge >= 0.3 is 11.8 Å². The number of hydrogen-bond acceptors (Lipinski definition) is 4. The van der Waals surface area contributed by atoms with Crippen LogP contribution in [0.4, 0.5) is 5.69 Å². The van der Waals surface area contributed by atoms with Crippen LogP contribution in [-0.4, -0.2) is 23.9 Å². The lowest BCUT2D eigenvalue weighted by Gasteiger charge is -2.16. The fourth-order valence-electron chi connectivity index (χ4n) is 2.44. The summed E-state index contributed by atoms with van der Waals surface area (Å²) in [6.07, 6.45) is 7.42. The molecule has 0 aliphatic heterocycles. The number of anilines is 1. The van der Waals surface area contributed by atoms with Gasteiger partial charge in [0.05, 0.1) is 0 Å². The van der Waals surface area contributed by atoms with Gasteiger partial charge in [-0.1, -0.05) is 19.3 Å². The molecular weight excluding hydrogens is 296 g/mol. The highest BCUT2D eigenvalue weighted by atomic mass is 16.2. The molecule has 0 aromatic heterocycles. The number of hydrazone groups is 1. The summed E-state index contributed by atoms with van der Waals surface area (Å²) >= 11 is 0. The molecule has 0 radical (unpaired) electrons. The van der Waals surface area contributed by atoms with Crippen LogP contribution in [0.2, 0.25) is 0 Å². The van der Waals surface area contributed by atoms with Crippen LogP contribution in [0.3, 0.4) is 0 Å². The predicted octanol–water partition coefficient (Wildman–Crippen LogP) is 1.41. The van der Waals surface area contributed by atoms with Crippen molar-refractivity contribution in [2.45, 2.75) is 32.1 Å².